The Morgan fingerprint density at radius 3 is 3.00 bits per heavy atom. The van der Waals surface area contributed by atoms with E-state index in [9.17, 15) is 5.11 Å². The number of rotatable bonds is 4. The van der Waals surface area contributed by atoms with Crippen LogP contribution in [0.2, 0.25) is 0 Å². The fourth-order valence-electron chi connectivity index (χ4n) is 3.26. The second kappa shape index (κ2) is 5.54. The van der Waals surface area contributed by atoms with Gasteiger partial charge in [-0.25, -0.2) is 4.98 Å². The Bertz CT molecular complexity index is 595. The molecule has 1 aromatic heterocycles. The van der Waals surface area contributed by atoms with Crippen LogP contribution in [-0.4, -0.2) is 16.6 Å². The molecule has 0 spiro atoms. The van der Waals surface area contributed by atoms with Gasteiger partial charge in [-0.2, -0.15) is 0 Å². The molecule has 2 unspecified atom stereocenters. The fourth-order valence-corrected chi connectivity index (χ4v) is 3.86. The van der Waals surface area contributed by atoms with Gasteiger partial charge in [0.05, 0.1) is 11.2 Å². The highest BCUT2D eigenvalue weighted by Crippen LogP contribution is 2.45. The maximum absolute atomic E-state index is 10.2. The molecule has 0 aliphatic heterocycles. The average Bonchev–Trinajstić information content (AvgIpc) is 3.03. The van der Waals surface area contributed by atoms with Gasteiger partial charge in [-0.15, -0.1) is 11.3 Å². The predicted molar refractivity (Wildman–Crippen MR) is 82.4 cm³/mol. The van der Waals surface area contributed by atoms with Crippen LogP contribution in [0.3, 0.4) is 0 Å². The molecule has 1 aliphatic carbocycles. The van der Waals surface area contributed by atoms with E-state index in [1.807, 2.05) is 17.6 Å². The summed E-state index contributed by atoms with van der Waals surface area (Å²) in [5.74, 6) is 0.940. The Labute approximate surface area is 123 Å². The molecule has 2 atom stereocenters. The molecule has 0 fully saturated rings. The number of aryl methyl sites for hydroxylation is 1. The summed E-state index contributed by atoms with van der Waals surface area (Å²) in [7, 11) is 0. The first-order valence-corrected chi connectivity index (χ1v) is 8.04. The van der Waals surface area contributed by atoms with Crippen molar-refractivity contribution in [1.82, 2.24) is 10.3 Å². The minimum Gasteiger partial charge on any atom is -0.508 e. The molecular formula is C16H20N2OS. The summed E-state index contributed by atoms with van der Waals surface area (Å²) in [6, 6.07) is 4.10. The number of aromatic nitrogens is 1. The molecule has 3 rings (SSSR count). The zero-order valence-electron chi connectivity index (χ0n) is 11.9. The van der Waals surface area contributed by atoms with Crippen molar-refractivity contribution in [2.24, 2.45) is 0 Å². The van der Waals surface area contributed by atoms with Gasteiger partial charge >= 0.3 is 0 Å². The summed E-state index contributed by atoms with van der Waals surface area (Å²) in [6.45, 7) is 5.27. The third kappa shape index (κ3) is 2.45. The fraction of sp³-hybridized carbons (Fsp3) is 0.438. The first kappa shape index (κ1) is 13.6. The van der Waals surface area contributed by atoms with Crippen LogP contribution >= 0.6 is 11.3 Å². The molecule has 20 heavy (non-hydrogen) atoms. The number of hydrogen-bond acceptors (Lipinski definition) is 4. The van der Waals surface area contributed by atoms with Gasteiger partial charge in [0.1, 0.15) is 5.75 Å². The maximum atomic E-state index is 10.2. The Kier molecular flexibility index (Phi) is 3.76. The molecule has 0 saturated carbocycles. The quantitative estimate of drug-likeness (QED) is 0.904. The SMILES string of the molecule is Cc1ccc(O)c2c1C(C)CC2NCCc1cscn1. The van der Waals surface area contributed by atoms with Gasteiger partial charge in [0.25, 0.3) is 0 Å². The number of thiazole rings is 1. The molecule has 106 valence electrons. The number of aromatic hydroxyl groups is 1. The number of hydrogen-bond donors (Lipinski definition) is 2. The third-order valence-electron chi connectivity index (χ3n) is 4.17. The molecule has 0 radical (unpaired) electrons. The lowest BCUT2D eigenvalue weighted by Gasteiger charge is -2.15. The maximum Gasteiger partial charge on any atom is 0.120 e. The molecule has 2 aromatic rings. The van der Waals surface area contributed by atoms with Crippen molar-refractivity contribution >= 4 is 11.3 Å². The first-order valence-electron chi connectivity index (χ1n) is 7.09. The van der Waals surface area contributed by atoms with Crippen molar-refractivity contribution in [1.29, 1.82) is 0 Å². The summed E-state index contributed by atoms with van der Waals surface area (Å²) in [4.78, 5) is 4.30. The average molecular weight is 288 g/mol. The molecular weight excluding hydrogens is 268 g/mol. The van der Waals surface area contributed by atoms with Gasteiger partial charge < -0.3 is 10.4 Å². The Morgan fingerprint density at radius 2 is 2.25 bits per heavy atom. The third-order valence-corrected chi connectivity index (χ3v) is 4.80. The number of phenols is 1. The van der Waals surface area contributed by atoms with Gasteiger partial charge in [-0.05, 0) is 36.5 Å². The van der Waals surface area contributed by atoms with Gasteiger partial charge in [-0.1, -0.05) is 13.0 Å². The van der Waals surface area contributed by atoms with Crippen LogP contribution in [0.25, 0.3) is 0 Å². The topological polar surface area (TPSA) is 45.1 Å². The molecule has 1 heterocycles. The number of benzene rings is 1. The van der Waals surface area contributed by atoms with E-state index in [0.717, 1.165) is 30.6 Å². The molecule has 2 N–H and O–H groups in total. The predicted octanol–water partition coefficient (Wildman–Crippen LogP) is 3.54. The van der Waals surface area contributed by atoms with Crippen LogP contribution in [0.4, 0.5) is 0 Å². The highest BCUT2D eigenvalue weighted by atomic mass is 32.1. The zero-order chi connectivity index (χ0) is 14.1. The highest BCUT2D eigenvalue weighted by molar-refractivity contribution is 7.07. The van der Waals surface area contributed by atoms with Crippen molar-refractivity contribution < 1.29 is 5.11 Å². The van der Waals surface area contributed by atoms with Crippen LogP contribution in [0.15, 0.2) is 23.0 Å². The number of nitrogens with zero attached hydrogens (tertiary/aromatic N) is 1. The van der Waals surface area contributed by atoms with Crippen molar-refractivity contribution in [2.45, 2.75) is 38.6 Å². The standard InChI is InChI=1S/C16H20N2OS/c1-10-3-4-14(19)16-13(7-11(2)15(10)16)17-6-5-12-8-20-9-18-12/h3-4,8-9,11,13,17,19H,5-7H2,1-2H3. The Morgan fingerprint density at radius 1 is 1.40 bits per heavy atom. The highest BCUT2D eigenvalue weighted by Gasteiger charge is 2.31. The second-order valence-corrected chi connectivity index (χ2v) is 6.32. The monoisotopic (exact) mass is 288 g/mol. The number of fused-ring (bicyclic) bond motifs is 1. The summed E-state index contributed by atoms with van der Waals surface area (Å²) in [6.07, 6.45) is 2.00. The van der Waals surface area contributed by atoms with Gasteiger partial charge in [0.15, 0.2) is 0 Å². The van der Waals surface area contributed by atoms with Crippen LogP contribution in [-0.2, 0) is 6.42 Å². The molecule has 0 bridgehead atoms. The lowest BCUT2D eigenvalue weighted by Crippen LogP contribution is -2.22. The summed E-state index contributed by atoms with van der Waals surface area (Å²) >= 11 is 1.64. The second-order valence-electron chi connectivity index (χ2n) is 5.60. The van der Waals surface area contributed by atoms with E-state index in [4.69, 9.17) is 0 Å². The van der Waals surface area contributed by atoms with Gasteiger partial charge in [-0.3, -0.25) is 0 Å². The van der Waals surface area contributed by atoms with Crippen LogP contribution in [0, 0.1) is 6.92 Å². The number of nitrogens with one attached hydrogen (secondary N) is 1. The van der Waals surface area contributed by atoms with Crippen LogP contribution in [0.1, 0.15) is 47.7 Å². The van der Waals surface area contributed by atoms with E-state index in [-0.39, 0.29) is 6.04 Å². The summed E-state index contributed by atoms with van der Waals surface area (Å²) in [5, 5.41) is 15.8. The van der Waals surface area contributed by atoms with E-state index < -0.39 is 0 Å². The summed E-state index contributed by atoms with van der Waals surface area (Å²) in [5.41, 5.74) is 6.74. The van der Waals surface area contributed by atoms with E-state index >= 15 is 0 Å². The largest absolute Gasteiger partial charge is 0.508 e. The molecule has 1 aliphatic rings. The minimum absolute atomic E-state index is 0.263. The molecule has 1 aromatic carbocycles. The van der Waals surface area contributed by atoms with Crippen molar-refractivity contribution in [2.75, 3.05) is 6.54 Å². The first-order chi connectivity index (χ1) is 9.66. The molecule has 0 amide bonds. The van der Waals surface area contributed by atoms with Crippen LogP contribution < -0.4 is 5.32 Å². The van der Waals surface area contributed by atoms with Crippen LogP contribution in [0.5, 0.6) is 5.75 Å². The Hall–Kier alpha value is -1.39. The van der Waals surface area contributed by atoms with Crippen molar-refractivity contribution in [3.05, 3.63) is 45.4 Å². The Balaban J connectivity index is 1.73. The lowest BCUT2D eigenvalue weighted by atomic mass is 9.97. The normalized spacial score (nSPS) is 21.1. The lowest BCUT2D eigenvalue weighted by molar-refractivity contribution is 0.446. The van der Waals surface area contributed by atoms with Gasteiger partial charge in [0.2, 0.25) is 0 Å². The summed E-state index contributed by atoms with van der Waals surface area (Å²) < 4.78 is 0. The molecule has 3 nitrogen and oxygen atoms in total. The van der Waals surface area contributed by atoms with E-state index in [2.05, 4.69) is 29.5 Å². The molecule has 4 heteroatoms. The number of phenolic OH excluding ortho intramolecular Hbond substituents is 1. The van der Waals surface area contributed by atoms with E-state index in [0.29, 0.717) is 11.7 Å². The van der Waals surface area contributed by atoms with E-state index in [1.165, 1.54) is 11.1 Å². The van der Waals surface area contributed by atoms with Gasteiger partial charge in [0, 0.05) is 30.0 Å². The zero-order valence-corrected chi connectivity index (χ0v) is 12.7. The van der Waals surface area contributed by atoms with Crippen molar-refractivity contribution in [3.8, 4) is 5.75 Å². The smallest absolute Gasteiger partial charge is 0.120 e. The minimum atomic E-state index is 0.263. The van der Waals surface area contributed by atoms with E-state index in [1.54, 1.807) is 11.3 Å². The van der Waals surface area contributed by atoms with Crippen molar-refractivity contribution in [3.63, 3.8) is 0 Å². The molecule has 0 saturated heterocycles.